The van der Waals surface area contributed by atoms with Crippen LogP contribution in [0.4, 0.5) is 0 Å². The third-order valence-corrected chi connectivity index (χ3v) is 3.76. The Morgan fingerprint density at radius 3 is 2.52 bits per heavy atom. The second-order valence-electron chi connectivity index (χ2n) is 5.29. The van der Waals surface area contributed by atoms with E-state index in [1.54, 1.807) is 0 Å². The molecule has 1 amide bonds. The standard InChI is InChI=1S/C16H21NO4/c18-15(19)7-6-14(12-4-2-1-3-5-12)17-16(20)13-8-10-21-11-9-13/h1-5,13-14H,6-11H2,(H,17,20)(H,18,19). The van der Waals surface area contributed by atoms with E-state index < -0.39 is 5.97 Å². The number of amides is 1. The van der Waals surface area contributed by atoms with E-state index in [9.17, 15) is 9.59 Å². The Hall–Kier alpha value is -1.88. The van der Waals surface area contributed by atoms with Crippen molar-refractivity contribution < 1.29 is 19.4 Å². The van der Waals surface area contributed by atoms with Crippen molar-refractivity contribution >= 4 is 11.9 Å². The minimum Gasteiger partial charge on any atom is -0.481 e. The molecule has 0 spiro atoms. The van der Waals surface area contributed by atoms with Crippen LogP contribution in [0, 0.1) is 5.92 Å². The molecule has 0 radical (unpaired) electrons. The molecule has 5 nitrogen and oxygen atoms in total. The van der Waals surface area contributed by atoms with Gasteiger partial charge in [-0.25, -0.2) is 0 Å². The summed E-state index contributed by atoms with van der Waals surface area (Å²) in [6, 6.07) is 9.26. The number of rotatable bonds is 6. The lowest BCUT2D eigenvalue weighted by molar-refractivity contribution is -0.137. The molecule has 1 aromatic rings. The second kappa shape index (κ2) is 7.78. The van der Waals surface area contributed by atoms with Crippen LogP contribution in [-0.4, -0.2) is 30.2 Å². The summed E-state index contributed by atoms with van der Waals surface area (Å²) in [4.78, 5) is 23.1. The van der Waals surface area contributed by atoms with Crippen LogP contribution in [0.5, 0.6) is 0 Å². The first-order valence-corrected chi connectivity index (χ1v) is 7.31. The number of carbonyl (C=O) groups is 2. The zero-order valence-corrected chi connectivity index (χ0v) is 12.0. The van der Waals surface area contributed by atoms with Gasteiger partial charge in [-0.3, -0.25) is 9.59 Å². The molecule has 1 aliphatic rings. The molecule has 1 unspecified atom stereocenters. The maximum atomic E-state index is 12.3. The summed E-state index contributed by atoms with van der Waals surface area (Å²) in [6.07, 6.45) is 1.89. The Labute approximate surface area is 124 Å². The molecule has 1 heterocycles. The molecule has 21 heavy (non-hydrogen) atoms. The van der Waals surface area contributed by atoms with Gasteiger partial charge in [-0.15, -0.1) is 0 Å². The first kappa shape index (κ1) is 15.5. The molecule has 0 aromatic heterocycles. The topological polar surface area (TPSA) is 75.6 Å². The van der Waals surface area contributed by atoms with E-state index in [1.807, 2.05) is 30.3 Å². The fraction of sp³-hybridized carbons (Fsp3) is 0.500. The third-order valence-electron chi connectivity index (χ3n) is 3.76. The number of benzene rings is 1. The molecule has 2 rings (SSSR count). The van der Waals surface area contributed by atoms with E-state index >= 15 is 0 Å². The largest absolute Gasteiger partial charge is 0.481 e. The minimum atomic E-state index is -0.851. The van der Waals surface area contributed by atoms with Crippen LogP contribution in [0.2, 0.25) is 0 Å². The lowest BCUT2D eigenvalue weighted by Gasteiger charge is -2.25. The van der Waals surface area contributed by atoms with Gasteiger partial charge in [0, 0.05) is 25.6 Å². The smallest absolute Gasteiger partial charge is 0.303 e. The summed E-state index contributed by atoms with van der Waals surface area (Å²) in [7, 11) is 0. The number of hydrogen-bond donors (Lipinski definition) is 2. The molecule has 2 N–H and O–H groups in total. The van der Waals surface area contributed by atoms with Gasteiger partial charge in [0.15, 0.2) is 0 Å². The Bertz CT molecular complexity index is 468. The molecule has 1 aromatic carbocycles. The van der Waals surface area contributed by atoms with E-state index in [2.05, 4.69) is 5.32 Å². The Kier molecular flexibility index (Phi) is 5.75. The van der Waals surface area contributed by atoms with E-state index in [1.165, 1.54) is 0 Å². The fourth-order valence-electron chi connectivity index (χ4n) is 2.52. The van der Waals surface area contributed by atoms with Gasteiger partial charge in [0.05, 0.1) is 6.04 Å². The van der Waals surface area contributed by atoms with Gasteiger partial charge in [0.1, 0.15) is 0 Å². The van der Waals surface area contributed by atoms with Gasteiger partial charge in [0.2, 0.25) is 5.91 Å². The highest BCUT2D eigenvalue weighted by molar-refractivity contribution is 5.79. The summed E-state index contributed by atoms with van der Waals surface area (Å²) in [6.45, 7) is 1.23. The summed E-state index contributed by atoms with van der Waals surface area (Å²) in [5.41, 5.74) is 0.944. The Morgan fingerprint density at radius 2 is 1.90 bits per heavy atom. The van der Waals surface area contributed by atoms with Gasteiger partial charge in [0.25, 0.3) is 0 Å². The maximum Gasteiger partial charge on any atom is 0.303 e. The molecule has 0 bridgehead atoms. The summed E-state index contributed by atoms with van der Waals surface area (Å²) in [5.74, 6) is -0.886. The van der Waals surface area contributed by atoms with Gasteiger partial charge in [-0.2, -0.15) is 0 Å². The number of hydrogen-bond acceptors (Lipinski definition) is 3. The van der Waals surface area contributed by atoms with Crippen molar-refractivity contribution in [1.29, 1.82) is 0 Å². The van der Waals surface area contributed by atoms with E-state index in [0.717, 1.165) is 18.4 Å². The number of carbonyl (C=O) groups excluding carboxylic acids is 1. The van der Waals surface area contributed by atoms with Crippen molar-refractivity contribution in [3.05, 3.63) is 35.9 Å². The normalized spacial score (nSPS) is 17.1. The van der Waals surface area contributed by atoms with E-state index in [-0.39, 0.29) is 24.3 Å². The van der Waals surface area contributed by atoms with Crippen molar-refractivity contribution in [3.8, 4) is 0 Å². The monoisotopic (exact) mass is 291 g/mol. The van der Waals surface area contributed by atoms with Gasteiger partial charge >= 0.3 is 5.97 Å². The van der Waals surface area contributed by atoms with Crippen LogP contribution in [0.15, 0.2) is 30.3 Å². The first-order chi connectivity index (χ1) is 10.2. The third kappa shape index (κ3) is 4.86. The average Bonchev–Trinajstić information content (AvgIpc) is 2.52. The van der Waals surface area contributed by atoms with Crippen molar-refractivity contribution in [2.24, 2.45) is 5.92 Å². The SMILES string of the molecule is O=C(O)CCC(NC(=O)C1CCOCC1)c1ccccc1. The molecule has 5 heteroatoms. The molecular weight excluding hydrogens is 270 g/mol. The number of carboxylic acids is 1. The zero-order chi connectivity index (χ0) is 15.1. The van der Waals surface area contributed by atoms with Gasteiger partial charge in [-0.1, -0.05) is 30.3 Å². The lowest BCUT2D eigenvalue weighted by Crippen LogP contribution is -2.36. The van der Waals surface area contributed by atoms with Crippen molar-refractivity contribution in [3.63, 3.8) is 0 Å². The van der Waals surface area contributed by atoms with Crippen molar-refractivity contribution in [2.45, 2.75) is 31.7 Å². The molecule has 1 atom stereocenters. The maximum absolute atomic E-state index is 12.3. The zero-order valence-electron chi connectivity index (χ0n) is 12.0. The molecule has 114 valence electrons. The fourth-order valence-corrected chi connectivity index (χ4v) is 2.52. The quantitative estimate of drug-likeness (QED) is 0.842. The summed E-state index contributed by atoms with van der Waals surface area (Å²) >= 11 is 0. The van der Waals surface area contributed by atoms with Crippen LogP contribution >= 0.6 is 0 Å². The predicted octanol–water partition coefficient (Wildman–Crippen LogP) is 2.14. The van der Waals surface area contributed by atoms with Crippen molar-refractivity contribution in [2.75, 3.05) is 13.2 Å². The van der Waals surface area contributed by atoms with E-state index in [0.29, 0.717) is 19.6 Å². The highest BCUT2D eigenvalue weighted by atomic mass is 16.5. The Balaban J connectivity index is 2.00. The lowest BCUT2D eigenvalue weighted by atomic mass is 9.96. The molecule has 0 saturated carbocycles. The van der Waals surface area contributed by atoms with Crippen LogP contribution in [0.3, 0.4) is 0 Å². The minimum absolute atomic E-state index is 0.00228. The molecule has 1 aliphatic heterocycles. The highest BCUT2D eigenvalue weighted by Crippen LogP contribution is 2.21. The Morgan fingerprint density at radius 1 is 1.24 bits per heavy atom. The number of aliphatic carboxylic acids is 1. The molecular formula is C16H21NO4. The first-order valence-electron chi connectivity index (χ1n) is 7.31. The number of ether oxygens (including phenoxy) is 1. The molecule has 0 aliphatic carbocycles. The molecule has 1 saturated heterocycles. The van der Waals surface area contributed by atoms with Crippen LogP contribution in [-0.2, 0) is 14.3 Å². The van der Waals surface area contributed by atoms with Crippen LogP contribution in [0.25, 0.3) is 0 Å². The van der Waals surface area contributed by atoms with Crippen LogP contribution in [0.1, 0.15) is 37.3 Å². The highest BCUT2D eigenvalue weighted by Gasteiger charge is 2.24. The summed E-state index contributed by atoms with van der Waals surface area (Å²) in [5, 5.41) is 11.9. The van der Waals surface area contributed by atoms with Gasteiger partial charge < -0.3 is 15.2 Å². The van der Waals surface area contributed by atoms with Crippen molar-refractivity contribution in [1.82, 2.24) is 5.32 Å². The number of carboxylic acid groups (broad SMARTS) is 1. The molecule has 1 fully saturated rings. The van der Waals surface area contributed by atoms with E-state index in [4.69, 9.17) is 9.84 Å². The average molecular weight is 291 g/mol. The second-order valence-corrected chi connectivity index (χ2v) is 5.29. The summed E-state index contributed by atoms with van der Waals surface area (Å²) < 4.78 is 5.26. The predicted molar refractivity (Wildman–Crippen MR) is 77.7 cm³/mol. The number of nitrogens with one attached hydrogen (secondary N) is 1. The van der Waals surface area contributed by atoms with Gasteiger partial charge in [-0.05, 0) is 24.8 Å². The van der Waals surface area contributed by atoms with Crippen LogP contribution < -0.4 is 5.32 Å².